The topological polar surface area (TPSA) is 89.5 Å². The molecule has 0 saturated carbocycles. The molecule has 2 rings (SSSR count). The van der Waals surface area contributed by atoms with Crippen molar-refractivity contribution in [2.45, 2.75) is 32.2 Å². The molecule has 1 fully saturated rings. The Morgan fingerprint density at radius 3 is 2.65 bits per heavy atom. The van der Waals surface area contributed by atoms with Crippen LogP contribution in [0.3, 0.4) is 0 Å². The Bertz CT molecular complexity index is 586. The third-order valence-corrected chi connectivity index (χ3v) is 3.70. The molecule has 1 amide bonds. The van der Waals surface area contributed by atoms with Crippen LogP contribution in [0, 0.1) is 15.9 Å². The number of benzene rings is 1. The van der Waals surface area contributed by atoms with Gasteiger partial charge in [0.2, 0.25) is 0 Å². The maximum Gasteiger partial charge on any atom is 0.295 e. The normalized spacial score (nSPS) is 17.2. The van der Waals surface area contributed by atoms with Crippen molar-refractivity contribution in [1.82, 2.24) is 4.90 Å². The highest BCUT2D eigenvalue weighted by Gasteiger charge is 2.37. The summed E-state index contributed by atoms with van der Waals surface area (Å²) in [5, 5.41) is 10.8. The van der Waals surface area contributed by atoms with Crippen LogP contribution in [-0.4, -0.2) is 27.8 Å². The first kappa shape index (κ1) is 14.2. The Hall–Kier alpha value is -2.18. The second kappa shape index (κ2) is 4.73. The lowest BCUT2D eigenvalue weighted by atomic mass is 10.0. The maximum absolute atomic E-state index is 13.5. The number of nitrogens with two attached hydrogens (primary N) is 1. The Morgan fingerprint density at radius 2 is 2.15 bits per heavy atom. The van der Waals surface area contributed by atoms with E-state index in [4.69, 9.17) is 5.73 Å². The third kappa shape index (κ3) is 2.31. The maximum atomic E-state index is 13.5. The van der Waals surface area contributed by atoms with Crippen molar-refractivity contribution in [2.24, 2.45) is 0 Å². The Balaban J connectivity index is 2.48. The number of nitrogens with zero attached hydrogens (tertiary/aromatic N) is 2. The molecule has 6 nitrogen and oxygen atoms in total. The van der Waals surface area contributed by atoms with Gasteiger partial charge in [0.15, 0.2) is 0 Å². The molecule has 1 aromatic carbocycles. The summed E-state index contributed by atoms with van der Waals surface area (Å²) in [7, 11) is 0. The molecule has 1 saturated heterocycles. The van der Waals surface area contributed by atoms with Gasteiger partial charge in [-0.2, -0.15) is 0 Å². The number of amides is 1. The lowest BCUT2D eigenvalue weighted by Crippen LogP contribution is -2.42. The first-order valence-corrected chi connectivity index (χ1v) is 6.29. The minimum atomic E-state index is -0.841. The number of nitro groups is 1. The van der Waals surface area contributed by atoms with Crippen molar-refractivity contribution in [2.75, 3.05) is 12.3 Å². The zero-order valence-electron chi connectivity index (χ0n) is 11.4. The molecule has 1 aliphatic rings. The standard InChI is InChI=1S/C13H16FN3O3/c1-13(2)4-3-5-16(13)12(18)9-6-8(14)7-10(11(9)15)17(19)20/h6-7H,3-5,15H2,1-2H3. The molecule has 0 atom stereocenters. The van der Waals surface area contributed by atoms with Gasteiger partial charge in [-0.1, -0.05) is 0 Å². The molecule has 0 aliphatic carbocycles. The van der Waals surface area contributed by atoms with Gasteiger partial charge in [-0.15, -0.1) is 0 Å². The third-order valence-electron chi connectivity index (χ3n) is 3.70. The van der Waals surface area contributed by atoms with Crippen molar-refractivity contribution >= 4 is 17.3 Å². The van der Waals surface area contributed by atoms with E-state index in [9.17, 15) is 19.3 Å². The molecule has 1 aliphatic heterocycles. The van der Waals surface area contributed by atoms with E-state index < -0.39 is 22.3 Å². The molecule has 0 spiro atoms. The molecular formula is C13H16FN3O3. The molecule has 2 N–H and O–H groups in total. The summed E-state index contributed by atoms with van der Waals surface area (Å²) in [5.74, 6) is -1.31. The van der Waals surface area contributed by atoms with Crippen molar-refractivity contribution < 1.29 is 14.1 Å². The summed E-state index contributed by atoms with van der Waals surface area (Å²) in [6.07, 6.45) is 1.67. The van der Waals surface area contributed by atoms with Crippen LogP contribution in [-0.2, 0) is 0 Å². The number of anilines is 1. The second-order valence-corrected chi connectivity index (χ2v) is 5.52. The highest BCUT2D eigenvalue weighted by atomic mass is 19.1. The molecule has 0 aromatic heterocycles. The van der Waals surface area contributed by atoms with Gasteiger partial charge >= 0.3 is 0 Å². The van der Waals surface area contributed by atoms with Crippen LogP contribution >= 0.6 is 0 Å². The van der Waals surface area contributed by atoms with Crippen LogP contribution in [0.15, 0.2) is 12.1 Å². The van der Waals surface area contributed by atoms with E-state index in [1.807, 2.05) is 13.8 Å². The van der Waals surface area contributed by atoms with Crippen molar-refractivity contribution in [3.05, 3.63) is 33.6 Å². The minimum Gasteiger partial charge on any atom is -0.393 e. The Morgan fingerprint density at radius 1 is 1.50 bits per heavy atom. The number of carbonyl (C=O) groups is 1. The average Bonchev–Trinajstić information content (AvgIpc) is 2.70. The average molecular weight is 281 g/mol. The zero-order valence-corrected chi connectivity index (χ0v) is 11.4. The number of carbonyl (C=O) groups excluding carboxylic acids is 1. The molecule has 0 unspecified atom stereocenters. The van der Waals surface area contributed by atoms with Crippen LogP contribution in [0.1, 0.15) is 37.0 Å². The molecular weight excluding hydrogens is 265 g/mol. The number of hydrogen-bond donors (Lipinski definition) is 1. The summed E-state index contributed by atoms with van der Waals surface area (Å²) in [5.41, 5.74) is 4.29. The number of nitro benzene ring substituents is 1. The molecule has 0 bridgehead atoms. The number of halogens is 1. The summed E-state index contributed by atoms with van der Waals surface area (Å²) < 4.78 is 13.5. The highest BCUT2D eigenvalue weighted by Crippen LogP contribution is 2.33. The first-order chi connectivity index (χ1) is 9.24. The minimum absolute atomic E-state index is 0.147. The largest absolute Gasteiger partial charge is 0.393 e. The zero-order chi connectivity index (χ0) is 15.1. The lowest BCUT2D eigenvalue weighted by Gasteiger charge is -2.31. The van der Waals surface area contributed by atoms with E-state index in [0.717, 1.165) is 25.0 Å². The smallest absolute Gasteiger partial charge is 0.295 e. The van der Waals surface area contributed by atoms with Crippen LogP contribution in [0.4, 0.5) is 15.8 Å². The number of likely N-dealkylation sites (tertiary alicyclic amines) is 1. The quantitative estimate of drug-likeness (QED) is 0.512. The number of nitrogen functional groups attached to an aromatic ring is 1. The van der Waals surface area contributed by atoms with Crippen LogP contribution in [0.25, 0.3) is 0 Å². The predicted octanol–water partition coefficient (Wildman–Crippen LogP) is 2.33. The van der Waals surface area contributed by atoms with Gasteiger partial charge in [0.25, 0.3) is 11.6 Å². The van der Waals surface area contributed by atoms with E-state index in [-0.39, 0.29) is 16.8 Å². The fraction of sp³-hybridized carbons (Fsp3) is 0.462. The van der Waals surface area contributed by atoms with Gasteiger partial charge in [-0.05, 0) is 32.8 Å². The SMILES string of the molecule is CC1(C)CCCN1C(=O)c1cc(F)cc([N+](=O)[O-])c1N. The van der Waals surface area contributed by atoms with Gasteiger partial charge in [-0.3, -0.25) is 14.9 Å². The Labute approximate surface area is 115 Å². The molecule has 108 valence electrons. The van der Waals surface area contributed by atoms with Gasteiger partial charge in [0, 0.05) is 12.1 Å². The monoisotopic (exact) mass is 281 g/mol. The predicted molar refractivity (Wildman–Crippen MR) is 71.8 cm³/mol. The fourth-order valence-electron chi connectivity index (χ4n) is 2.56. The molecule has 0 radical (unpaired) electrons. The summed E-state index contributed by atoms with van der Waals surface area (Å²) in [6.45, 7) is 4.35. The summed E-state index contributed by atoms with van der Waals surface area (Å²) in [6, 6.07) is 1.68. The van der Waals surface area contributed by atoms with E-state index in [1.165, 1.54) is 0 Å². The van der Waals surface area contributed by atoms with E-state index in [0.29, 0.717) is 6.54 Å². The van der Waals surface area contributed by atoms with Gasteiger partial charge in [0.1, 0.15) is 11.5 Å². The summed E-state index contributed by atoms with van der Waals surface area (Å²) in [4.78, 5) is 24.1. The molecule has 1 aromatic rings. The van der Waals surface area contributed by atoms with Gasteiger partial charge in [-0.25, -0.2) is 4.39 Å². The van der Waals surface area contributed by atoms with Crippen molar-refractivity contribution in [3.8, 4) is 0 Å². The molecule has 7 heteroatoms. The molecule has 20 heavy (non-hydrogen) atoms. The first-order valence-electron chi connectivity index (χ1n) is 6.29. The highest BCUT2D eigenvalue weighted by molar-refractivity contribution is 6.01. The van der Waals surface area contributed by atoms with E-state index in [1.54, 1.807) is 4.90 Å². The van der Waals surface area contributed by atoms with E-state index >= 15 is 0 Å². The van der Waals surface area contributed by atoms with E-state index in [2.05, 4.69) is 0 Å². The number of rotatable bonds is 2. The van der Waals surface area contributed by atoms with Crippen LogP contribution < -0.4 is 5.73 Å². The fourth-order valence-corrected chi connectivity index (χ4v) is 2.56. The van der Waals surface area contributed by atoms with Crippen LogP contribution in [0.2, 0.25) is 0 Å². The summed E-state index contributed by atoms with van der Waals surface area (Å²) >= 11 is 0. The van der Waals surface area contributed by atoms with Crippen molar-refractivity contribution in [3.63, 3.8) is 0 Å². The van der Waals surface area contributed by atoms with Gasteiger partial charge in [0.05, 0.1) is 16.6 Å². The lowest BCUT2D eigenvalue weighted by molar-refractivity contribution is -0.384. The number of hydrogen-bond acceptors (Lipinski definition) is 4. The Kier molecular flexibility index (Phi) is 3.37. The van der Waals surface area contributed by atoms with Crippen molar-refractivity contribution in [1.29, 1.82) is 0 Å². The van der Waals surface area contributed by atoms with Crippen LogP contribution in [0.5, 0.6) is 0 Å². The second-order valence-electron chi connectivity index (χ2n) is 5.52. The van der Waals surface area contributed by atoms with Gasteiger partial charge < -0.3 is 10.6 Å². The molecule has 1 heterocycles.